The SMILES string of the molecule is CCN(CC)C(=O)c1cc(-c2ccccc2Cl)nn1-c1ccc(C)cc1. The molecule has 0 fully saturated rings. The third kappa shape index (κ3) is 3.51. The van der Waals surface area contributed by atoms with Crippen LogP contribution in [0.3, 0.4) is 0 Å². The van der Waals surface area contributed by atoms with E-state index in [1.165, 1.54) is 0 Å². The van der Waals surface area contributed by atoms with Gasteiger partial charge < -0.3 is 4.90 Å². The second kappa shape index (κ2) is 7.75. The van der Waals surface area contributed by atoms with Crippen molar-refractivity contribution in [3.63, 3.8) is 0 Å². The number of halogens is 1. The molecular formula is C21H22ClN3O. The fourth-order valence-corrected chi connectivity index (χ4v) is 3.12. The van der Waals surface area contributed by atoms with Gasteiger partial charge in [0.05, 0.1) is 16.4 Å². The molecule has 2 aromatic carbocycles. The lowest BCUT2D eigenvalue weighted by atomic mass is 10.1. The number of aromatic nitrogens is 2. The lowest BCUT2D eigenvalue weighted by molar-refractivity contribution is 0.0764. The number of carbonyl (C=O) groups is 1. The second-order valence-corrected chi connectivity index (χ2v) is 6.53. The van der Waals surface area contributed by atoms with Crippen molar-refractivity contribution in [2.75, 3.05) is 13.1 Å². The largest absolute Gasteiger partial charge is 0.338 e. The van der Waals surface area contributed by atoms with E-state index in [-0.39, 0.29) is 5.91 Å². The predicted octanol–water partition coefficient (Wildman–Crippen LogP) is 4.98. The van der Waals surface area contributed by atoms with Crippen molar-refractivity contribution in [2.24, 2.45) is 0 Å². The molecule has 26 heavy (non-hydrogen) atoms. The molecule has 134 valence electrons. The van der Waals surface area contributed by atoms with Crippen LogP contribution in [0.25, 0.3) is 16.9 Å². The first-order valence-corrected chi connectivity index (χ1v) is 9.14. The number of nitrogens with zero attached hydrogens (tertiary/aromatic N) is 3. The number of rotatable bonds is 5. The highest BCUT2D eigenvalue weighted by Gasteiger charge is 2.21. The lowest BCUT2D eigenvalue weighted by Gasteiger charge is -2.19. The number of aryl methyl sites for hydroxylation is 1. The molecule has 1 heterocycles. The van der Waals surface area contributed by atoms with Gasteiger partial charge in [-0.15, -0.1) is 0 Å². The minimum absolute atomic E-state index is 0.0404. The Kier molecular flexibility index (Phi) is 5.43. The van der Waals surface area contributed by atoms with Gasteiger partial charge in [0.1, 0.15) is 5.69 Å². The summed E-state index contributed by atoms with van der Waals surface area (Å²) in [6, 6.07) is 17.3. The molecule has 0 radical (unpaired) electrons. The monoisotopic (exact) mass is 367 g/mol. The van der Waals surface area contributed by atoms with E-state index >= 15 is 0 Å². The van der Waals surface area contributed by atoms with Gasteiger partial charge in [0.2, 0.25) is 0 Å². The molecule has 0 aliphatic carbocycles. The van der Waals surface area contributed by atoms with Gasteiger partial charge in [-0.25, -0.2) is 4.68 Å². The number of hydrogen-bond acceptors (Lipinski definition) is 2. The zero-order valence-corrected chi connectivity index (χ0v) is 16.0. The molecule has 3 aromatic rings. The highest BCUT2D eigenvalue weighted by Crippen LogP contribution is 2.28. The van der Waals surface area contributed by atoms with Crippen LogP contribution in [0, 0.1) is 6.92 Å². The molecule has 0 aliphatic heterocycles. The Morgan fingerprint density at radius 3 is 2.35 bits per heavy atom. The molecule has 4 nitrogen and oxygen atoms in total. The summed E-state index contributed by atoms with van der Waals surface area (Å²) in [5.74, 6) is -0.0404. The molecule has 0 atom stereocenters. The van der Waals surface area contributed by atoms with Crippen molar-refractivity contribution in [3.8, 4) is 16.9 Å². The Labute approximate surface area is 159 Å². The van der Waals surface area contributed by atoms with Gasteiger partial charge in [-0.2, -0.15) is 5.10 Å². The zero-order valence-electron chi connectivity index (χ0n) is 15.2. The van der Waals surface area contributed by atoms with Crippen LogP contribution >= 0.6 is 11.6 Å². The molecule has 0 aliphatic rings. The van der Waals surface area contributed by atoms with Gasteiger partial charge in [-0.3, -0.25) is 4.79 Å². The summed E-state index contributed by atoms with van der Waals surface area (Å²) >= 11 is 6.34. The average molecular weight is 368 g/mol. The van der Waals surface area contributed by atoms with Crippen LogP contribution < -0.4 is 0 Å². The number of hydrogen-bond donors (Lipinski definition) is 0. The molecule has 5 heteroatoms. The van der Waals surface area contributed by atoms with E-state index in [1.807, 2.05) is 75.4 Å². The zero-order chi connectivity index (χ0) is 18.7. The third-order valence-electron chi connectivity index (χ3n) is 4.41. The lowest BCUT2D eigenvalue weighted by Crippen LogP contribution is -2.32. The Bertz CT molecular complexity index is 911. The molecule has 1 aromatic heterocycles. The normalized spacial score (nSPS) is 10.8. The molecule has 0 saturated heterocycles. The van der Waals surface area contributed by atoms with Gasteiger partial charge in [0, 0.05) is 18.7 Å². The van der Waals surface area contributed by atoms with E-state index in [4.69, 9.17) is 16.7 Å². The molecule has 0 unspecified atom stereocenters. The molecule has 0 N–H and O–H groups in total. The first-order chi connectivity index (χ1) is 12.5. The van der Waals surface area contributed by atoms with Crippen LogP contribution in [0.15, 0.2) is 54.6 Å². The topological polar surface area (TPSA) is 38.1 Å². The van der Waals surface area contributed by atoms with Crippen LogP contribution in [0.4, 0.5) is 0 Å². The van der Waals surface area contributed by atoms with E-state index in [0.29, 0.717) is 29.5 Å². The van der Waals surface area contributed by atoms with E-state index < -0.39 is 0 Å². The summed E-state index contributed by atoms with van der Waals surface area (Å²) in [6.45, 7) is 7.28. The van der Waals surface area contributed by atoms with Gasteiger partial charge in [-0.1, -0.05) is 47.5 Å². The maximum Gasteiger partial charge on any atom is 0.272 e. The molecule has 1 amide bonds. The number of amides is 1. The van der Waals surface area contributed by atoms with E-state index in [1.54, 1.807) is 9.58 Å². The Morgan fingerprint density at radius 1 is 1.08 bits per heavy atom. The first-order valence-electron chi connectivity index (χ1n) is 8.76. The van der Waals surface area contributed by atoms with Crippen LogP contribution in [0.1, 0.15) is 29.9 Å². The average Bonchev–Trinajstić information content (AvgIpc) is 3.08. The molecule has 0 saturated carbocycles. The maximum atomic E-state index is 13.0. The summed E-state index contributed by atoms with van der Waals surface area (Å²) in [5, 5.41) is 5.31. The fraction of sp³-hybridized carbons (Fsp3) is 0.238. The summed E-state index contributed by atoms with van der Waals surface area (Å²) < 4.78 is 1.71. The Morgan fingerprint density at radius 2 is 1.73 bits per heavy atom. The van der Waals surface area contributed by atoms with Gasteiger partial charge in [0.25, 0.3) is 5.91 Å². The van der Waals surface area contributed by atoms with Crippen LogP contribution in [0.5, 0.6) is 0 Å². The number of carbonyl (C=O) groups excluding carboxylic acids is 1. The summed E-state index contributed by atoms with van der Waals surface area (Å²) in [7, 11) is 0. The van der Waals surface area contributed by atoms with Gasteiger partial charge in [-0.05, 0) is 45.0 Å². The molecule has 0 bridgehead atoms. The van der Waals surface area contributed by atoms with Crippen LogP contribution in [-0.2, 0) is 0 Å². The minimum Gasteiger partial charge on any atom is -0.338 e. The standard InChI is InChI=1S/C21H22ClN3O/c1-4-24(5-2)21(26)20-14-19(17-8-6-7-9-18(17)22)23-25(20)16-12-10-15(3)11-13-16/h6-14H,4-5H2,1-3H3. The quantitative estimate of drug-likeness (QED) is 0.637. The Hall–Kier alpha value is -2.59. The maximum absolute atomic E-state index is 13.0. The molecular weight excluding hydrogens is 346 g/mol. The Balaban J connectivity index is 2.16. The van der Waals surface area contributed by atoms with Crippen molar-refractivity contribution < 1.29 is 4.79 Å². The van der Waals surface area contributed by atoms with E-state index in [0.717, 1.165) is 16.8 Å². The van der Waals surface area contributed by atoms with Gasteiger partial charge in [0.15, 0.2) is 0 Å². The molecule has 0 spiro atoms. The highest BCUT2D eigenvalue weighted by atomic mass is 35.5. The summed E-state index contributed by atoms with van der Waals surface area (Å²) in [6.07, 6.45) is 0. The van der Waals surface area contributed by atoms with Crippen molar-refractivity contribution in [2.45, 2.75) is 20.8 Å². The van der Waals surface area contributed by atoms with Gasteiger partial charge >= 0.3 is 0 Å². The summed E-state index contributed by atoms with van der Waals surface area (Å²) in [4.78, 5) is 14.8. The van der Waals surface area contributed by atoms with Crippen molar-refractivity contribution in [1.29, 1.82) is 0 Å². The fourth-order valence-electron chi connectivity index (χ4n) is 2.89. The van der Waals surface area contributed by atoms with Crippen molar-refractivity contribution >= 4 is 17.5 Å². The van der Waals surface area contributed by atoms with E-state index in [9.17, 15) is 4.79 Å². The van der Waals surface area contributed by atoms with E-state index in [2.05, 4.69) is 0 Å². The second-order valence-electron chi connectivity index (χ2n) is 6.12. The number of benzene rings is 2. The summed E-state index contributed by atoms with van der Waals surface area (Å²) in [5.41, 5.74) is 4.04. The third-order valence-corrected chi connectivity index (χ3v) is 4.74. The minimum atomic E-state index is -0.0404. The van der Waals surface area contributed by atoms with Crippen molar-refractivity contribution in [1.82, 2.24) is 14.7 Å². The van der Waals surface area contributed by atoms with Crippen molar-refractivity contribution in [3.05, 3.63) is 70.9 Å². The van der Waals surface area contributed by atoms with Crippen LogP contribution in [0.2, 0.25) is 5.02 Å². The predicted molar refractivity (Wildman–Crippen MR) is 106 cm³/mol. The first kappa shape index (κ1) is 18.2. The van der Waals surface area contributed by atoms with Crippen LogP contribution in [-0.4, -0.2) is 33.7 Å². The highest BCUT2D eigenvalue weighted by molar-refractivity contribution is 6.33. The smallest absolute Gasteiger partial charge is 0.272 e. The molecule has 3 rings (SSSR count).